The highest BCUT2D eigenvalue weighted by atomic mass is 32.1. The van der Waals surface area contributed by atoms with Gasteiger partial charge in [0, 0.05) is 53.1 Å². The zero-order valence-electron chi connectivity index (χ0n) is 28.5. The third kappa shape index (κ3) is 4.58. The molecular formula is C49H29N3S. The van der Waals surface area contributed by atoms with Crippen molar-refractivity contribution in [2.24, 2.45) is 0 Å². The highest BCUT2D eigenvalue weighted by Crippen LogP contribution is 2.40. The second kappa shape index (κ2) is 11.5. The van der Waals surface area contributed by atoms with Gasteiger partial charge in [-0.15, -0.1) is 11.3 Å². The molecule has 246 valence electrons. The van der Waals surface area contributed by atoms with E-state index < -0.39 is 0 Å². The molecule has 0 atom stereocenters. The number of nitriles is 1. The van der Waals surface area contributed by atoms with E-state index in [1.165, 1.54) is 63.9 Å². The molecule has 4 heteroatoms. The van der Waals surface area contributed by atoms with Gasteiger partial charge in [-0.05, 0) is 101 Å². The lowest BCUT2D eigenvalue weighted by Crippen LogP contribution is -1.96. The molecule has 11 rings (SSSR count). The number of para-hydroxylation sites is 3. The topological polar surface area (TPSA) is 33.6 Å². The van der Waals surface area contributed by atoms with E-state index >= 15 is 0 Å². The minimum absolute atomic E-state index is 0.638. The molecule has 0 unspecified atom stereocenters. The van der Waals surface area contributed by atoms with Gasteiger partial charge < -0.3 is 9.13 Å². The lowest BCUT2D eigenvalue weighted by molar-refractivity contribution is 1.18. The van der Waals surface area contributed by atoms with Crippen molar-refractivity contribution in [2.75, 3.05) is 0 Å². The molecule has 0 aliphatic heterocycles. The Balaban J connectivity index is 1.07. The van der Waals surface area contributed by atoms with Crippen LogP contribution in [0.25, 0.3) is 97.4 Å². The molecule has 0 radical (unpaired) electrons. The standard InChI is InChI=1S/C49H29N3S/c50-30-31-24-35(34-18-21-41-40-14-6-9-17-48(40)53-49(41)29-34)26-37(25-31)52-45-16-8-5-13-39(45)43-28-33(20-23-47(43)52)32-19-22-46-42(27-32)38-12-4-7-15-44(38)51(46)36-10-2-1-3-11-36/h1-29H. The fraction of sp³-hybridized carbons (Fsp3) is 0. The molecule has 0 N–H and O–H groups in total. The molecule has 8 aromatic carbocycles. The van der Waals surface area contributed by atoms with Crippen molar-refractivity contribution in [3.05, 3.63) is 181 Å². The predicted octanol–water partition coefficient (Wildman–Crippen LogP) is 13.5. The molecule has 0 bridgehead atoms. The van der Waals surface area contributed by atoms with E-state index in [1.54, 1.807) is 0 Å². The van der Waals surface area contributed by atoms with Gasteiger partial charge in [-0.25, -0.2) is 0 Å². The van der Waals surface area contributed by atoms with Crippen molar-refractivity contribution in [2.45, 2.75) is 0 Å². The van der Waals surface area contributed by atoms with Crippen molar-refractivity contribution in [1.29, 1.82) is 5.26 Å². The van der Waals surface area contributed by atoms with Gasteiger partial charge >= 0.3 is 0 Å². The number of hydrogen-bond donors (Lipinski definition) is 0. The van der Waals surface area contributed by atoms with Crippen LogP contribution in [-0.2, 0) is 0 Å². The second-order valence-electron chi connectivity index (χ2n) is 13.7. The van der Waals surface area contributed by atoms with Crippen LogP contribution in [0.1, 0.15) is 5.56 Å². The Labute approximate surface area is 309 Å². The SMILES string of the molecule is N#Cc1cc(-c2ccc3c(c2)sc2ccccc23)cc(-n2c3ccccc3c3cc(-c4ccc5c(c4)c4ccccc4n5-c4ccccc4)ccc32)c1. The maximum absolute atomic E-state index is 10.2. The Morgan fingerprint density at radius 2 is 0.887 bits per heavy atom. The predicted molar refractivity (Wildman–Crippen MR) is 224 cm³/mol. The molecule has 11 aromatic rings. The smallest absolute Gasteiger partial charge is 0.0992 e. The summed E-state index contributed by atoms with van der Waals surface area (Å²) in [5.74, 6) is 0. The van der Waals surface area contributed by atoms with Gasteiger partial charge in [-0.2, -0.15) is 5.26 Å². The average molecular weight is 692 g/mol. The van der Waals surface area contributed by atoms with E-state index in [-0.39, 0.29) is 0 Å². The van der Waals surface area contributed by atoms with Crippen LogP contribution in [0, 0.1) is 11.3 Å². The Hall–Kier alpha value is -6.93. The van der Waals surface area contributed by atoms with Crippen molar-refractivity contribution >= 4 is 75.1 Å². The third-order valence-corrected chi connectivity index (χ3v) is 11.8. The van der Waals surface area contributed by atoms with Gasteiger partial charge in [0.05, 0.1) is 33.7 Å². The first kappa shape index (κ1) is 29.8. The van der Waals surface area contributed by atoms with Crippen molar-refractivity contribution in [3.63, 3.8) is 0 Å². The first-order chi connectivity index (χ1) is 26.2. The maximum atomic E-state index is 10.2. The molecule has 0 aliphatic carbocycles. The number of aromatic nitrogens is 2. The average Bonchev–Trinajstić information content (AvgIpc) is 3.88. The summed E-state index contributed by atoms with van der Waals surface area (Å²) < 4.78 is 7.21. The van der Waals surface area contributed by atoms with Gasteiger partial charge in [-0.1, -0.05) is 97.1 Å². The summed E-state index contributed by atoms with van der Waals surface area (Å²) in [6.45, 7) is 0. The van der Waals surface area contributed by atoms with Crippen LogP contribution in [-0.4, -0.2) is 9.13 Å². The minimum Gasteiger partial charge on any atom is -0.309 e. The number of hydrogen-bond acceptors (Lipinski definition) is 2. The van der Waals surface area contributed by atoms with E-state index in [4.69, 9.17) is 0 Å². The summed E-state index contributed by atoms with van der Waals surface area (Å²) in [6.07, 6.45) is 0. The second-order valence-corrected chi connectivity index (χ2v) is 14.8. The molecule has 3 aromatic heterocycles. The quantitative estimate of drug-likeness (QED) is 0.181. The first-order valence-corrected chi connectivity index (χ1v) is 18.6. The number of benzene rings is 8. The van der Waals surface area contributed by atoms with Crippen LogP contribution in [0.15, 0.2) is 176 Å². The summed E-state index contributed by atoms with van der Waals surface area (Å²) in [5, 5.41) is 17.6. The molecule has 3 nitrogen and oxygen atoms in total. The molecule has 0 fully saturated rings. The fourth-order valence-electron chi connectivity index (χ4n) is 8.32. The van der Waals surface area contributed by atoms with Crippen LogP contribution in [0.4, 0.5) is 0 Å². The molecule has 0 spiro atoms. The van der Waals surface area contributed by atoms with Gasteiger partial charge in [-0.3, -0.25) is 0 Å². The third-order valence-electron chi connectivity index (χ3n) is 10.7. The number of fused-ring (bicyclic) bond motifs is 9. The van der Waals surface area contributed by atoms with Crippen molar-refractivity contribution < 1.29 is 0 Å². The molecule has 0 saturated carbocycles. The normalized spacial score (nSPS) is 11.8. The van der Waals surface area contributed by atoms with E-state index in [0.717, 1.165) is 33.5 Å². The van der Waals surface area contributed by atoms with Crippen molar-refractivity contribution in [3.8, 4) is 39.7 Å². The fourth-order valence-corrected chi connectivity index (χ4v) is 9.46. The zero-order chi connectivity index (χ0) is 35.0. The van der Waals surface area contributed by atoms with E-state index in [2.05, 4.69) is 179 Å². The highest BCUT2D eigenvalue weighted by molar-refractivity contribution is 7.25. The summed E-state index contributed by atoms with van der Waals surface area (Å²) in [4.78, 5) is 0. The Bertz CT molecular complexity index is 3300. The summed E-state index contributed by atoms with van der Waals surface area (Å²) in [6, 6.07) is 65.5. The monoisotopic (exact) mass is 691 g/mol. The Morgan fingerprint density at radius 1 is 0.358 bits per heavy atom. The maximum Gasteiger partial charge on any atom is 0.0992 e. The summed E-state index contributed by atoms with van der Waals surface area (Å²) in [7, 11) is 0. The lowest BCUT2D eigenvalue weighted by Gasteiger charge is -2.12. The van der Waals surface area contributed by atoms with Crippen LogP contribution in [0.3, 0.4) is 0 Å². The molecule has 53 heavy (non-hydrogen) atoms. The molecule has 0 aliphatic rings. The lowest BCUT2D eigenvalue weighted by atomic mass is 10.00. The van der Waals surface area contributed by atoms with Crippen molar-refractivity contribution in [1.82, 2.24) is 9.13 Å². The van der Waals surface area contributed by atoms with Gasteiger partial charge in [0.15, 0.2) is 0 Å². The summed E-state index contributed by atoms with van der Waals surface area (Å²) in [5.41, 5.74) is 11.9. The first-order valence-electron chi connectivity index (χ1n) is 17.8. The minimum atomic E-state index is 0.638. The van der Waals surface area contributed by atoms with Crippen LogP contribution >= 0.6 is 11.3 Å². The van der Waals surface area contributed by atoms with Crippen LogP contribution < -0.4 is 0 Å². The van der Waals surface area contributed by atoms with Crippen LogP contribution in [0.5, 0.6) is 0 Å². The molecule has 3 heterocycles. The highest BCUT2D eigenvalue weighted by Gasteiger charge is 2.17. The van der Waals surface area contributed by atoms with E-state index in [9.17, 15) is 5.26 Å². The van der Waals surface area contributed by atoms with E-state index in [0.29, 0.717) is 5.56 Å². The van der Waals surface area contributed by atoms with E-state index in [1.807, 2.05) is 23.5 Å². The summed E-state index contributed by atoms with van der Waals surface area (Å²) >= 11 is 1.82. The Morgan fingerprint density at radius 3 is 1.57 bits per heavy atom. The number of nitrogens with zero attached hydrogens (tertiary/aromatic N) is 3. The van der Waals surface area contributed by atoms with Crippen LogP contribution in [0.2, 0.25) is 0 Å². The Kier molecular flexibility index (Phi) is 6.48. The zero-order valence-corrected chi connectivity index (χ0v) is 29.3. The number of thiophene rings is 1. The largest absolute Gasteiger partial charge is 0.309 e. The molecular weight excluding hydrogens is 663 g/mol. The van der Waals surface area contributed by atoms with Gasteiger partial charge in [0.25, 0.3) is 0 Å². The molecule has 0 saturated heterocycles. The molecule has 0 amide bonds. The number of rotatable bonds is 4. The van der Waals surface area contributed by atoms with Gasteiger partial charge in [0.1, 0.15) is 0 Å². The van der Waals surface area contributed by atoms with Gasteiger partial charge in [0.2, 0.25) is 0 Å².